The Morgan fingerprint density at radius 2 is 1.82 bits per heavy atom. The third-order valence-electron chi connectivity index (χ3n) is 5.27. The molecule has 0 spiro atoms. The number of carbonyl (C=O) groups excluding carboxylic acids is 3. The van der Waals surface area contributed by atoms with Gasteiger partial charge in [0.05, 0.1) is 11.4 Å². The minimum atomic E-state index is -3.66. The molecular weight excluding hydrogens is 466 g/mol. The van der Waals surface area contributed by atoms with E-state index in [2.05, 4.69) is 5.32 Å². The van der Waals surface area contributed by atoms with Crippen molar-refractivity contribution in [2.24, 2.45) is 12.5 Å². The van der Waals surface area contributed by atoms with Crippen molar-refractivity contribution < 1.29 is 27.5 Å². The molecule has 2 aromatic heterocycles. The molecule has 1 amide bonds. The first-order valence-corrected chi connectivity index (χ1v) is 12.9. The number of esters is 1. The fourth-order valence-electron chi connectivity index (χ4n) is 3.29. The minimum absolute atomic E-state index is 0.0328. The van der Waals surface area contributed by atoms with E-state index < -0.39 is 28.0 Å². The summed E-state index contributed by atoms with van der Waals surface area (Å²) in [6, 6.07) is 4.65. The number of carbonyl (C=O) groups is 3. The average Bonchev–Trinajstić information content (AvgIpc) is 3.50. The highest BCUT2D eigenvalue weighted by Crippen LogP contribution is 2.23. The number of ketones is 1. The lowest BCUT2D eigenvalue weighted by Gasteiger charge is -2.17. The normalized spacial score (nSPS) is 14.9. The number of sulfonamides is 1. The number of rotatable bonds is 8. The van der Waals surface area contributed by atoms with Gasteiger partial charge < -0.3 is 14.6 Å². The zero-order valence-corrected chi connectivity index (χ0v) is 20.8. The first kappa shape index (κ1) is 25.1. The van der Waals surface area contributed by atoms with Gasteiger partial charge in [-0.05, 0) is 31.0 Å². The van der Waals surface area contributed by atoms with E-state index in [-0.39, 0.29) is 22.3 Å². The average molecular weight is 496 g/mol. The maximum absolute atomic E-state index is 12.7. The van der Waals surface area contributed by atoms with Gasteiger partial charge in [0.2, 0.25) is 21.7 Å². The molecule has 0 aromatic carbocycles. The Morgan fingerprint density at radius 3 is 2.45 bits per heavy atom. The molecule has 3 rings (SSSR count). The molecule has 0 bridgehead atoms. The number of thiophene rings is 1. The van der Waals surface area contributed by atoms with E-state index in [1.165, 1.54) is 32.5 Å². The molecule has 0 radical (unpaired) electrons. The number of nitrogens with zero attached hydrogens (tertiary/aromatic N) is 2. The van der Waals surface area contributed by atoms with Crippen LogP contribution >= 0.6 is 11.3 Å². The Balaban J connectivity index is 1.58. The summed E-state index contributed by atoms with van der Waals surface area (Å²) in [4.78, 5) is 38.2. The number of aryl methyl sites for hydroxylation is 1. The van der Waals surface area contributed by atoms with Gasteiger partial charge in [-0.3, -0.25) is 9.59 Å². The van der Waals surface area contributed by atoms with Gasteiger partial charge >= 0.3 is 5.97 Å². The highest BCUT2D eigenvalue weighted by atomic mass is 32.2. The van der Waals surface area contributed by atoms with E-state index in [0.717, 1.165) is 17.7 Å². The van der Waals surface area contributed by atoms with Gasteiger partial charge in [0.25, 0.3) is 0 Å². The van der Waals surface area contributed by atoms with Crippen LogP contribution in [0.25, 0.3) is 0 Å². The topological polar surface area (TPSA) is 115 Å². The van der Waals surface area contributed by atoms with E-state index in [0.29, 0.717) is 24.5 Å². The quantitative estimate of drug-likeness (QED) is 0.445. The van der Waals surface area contributed by atoms with Gasteiger partial charge in [-0.15, -0.1) is 11.3 Å². The molecule has 0 aliphatic carbocycles. The van der Waals surface area contributed by atoms with Crippen LogP contribution in [-0.4, -0.2) is 54.6 Å². The summed E-state index contributed by atoms with van der Waals surface area (Å²) in [5.41, 5.74) is -0.452. The lowest BCUT2D eigenvalue weighted by Crippen LogP contribution is -2.34. The summed E-state index contributed by atoms with van der Waals surface area (Å²) in [6.07, 6.45) is 3.01. The Hall–Kier alpha value is -2.50. The molecule has 0 atom stereocenters. The van der Waals surface area contributed by atoms with Gasteiger partial charge in [-0.25, -0.2) is 13.2 Å². The monoisotopic (exact) mass is 495 g/mol. The van der Waals surface area contributed by atoms with E-state index in [1.807, 2.05) is 20.8 Å². The molecule has 9 nitrogen and oxygen atoms in total. The molecule has 0 unspecified atom stereocenters. The summed E-state index contributed by atoms with van der Waals surface area (Å²) < 4.78 is 33.4. The van der Waals surface area contributed by atoms with Gasteiger partial charge in [0, 0.05) is 36.6 Å². The molecule has 1 aliphatic heterocycles. The summed E-state index contributed by atoms with van der Waals surface area (Å²) in [5, 5.41) is 2.82. The number of amides is 1. The molecule has 1 aliphatic rings. The first-order valence-electron chi connectivity index (χ1n) is 10.6. The lowest BCUT2D eigenvalue weighted by atomic mass is 9.96. The van der Waals surface area contributed by atoms with Crippen LogP contribution in [0.2, 0.25) is 0 Å². The fraction of sp³-hybridized carbons (Fsp3) is 0.500. The van der Waals surface area contributed by atoms with E-state index >= 15 is 0 Å². The van der Waals surface area contributed by atoms with Crippen molar-refractivity contribution in [1.82, 2.24) is 14.2 Å². The van der Waals surface area contributed by atoms with Gasteiger partial charge in [-0.1, -0.05) is 20.8 Å². The minimum Gasteiger partial charge on any atom is -0.453 e. The molecule has 11 heteroatoms. The van der Waals surface area contributed by atoms with Crippen LogP contribution in [0.3, 0.4) is 0 Å². The van der Waals surface area contributed by atoms with Crippen LogP contribution in [-0.2, 0) is 33.1 Å². The van der Waals surface area contributed by atoms with Crippen LogP contribution in [0.5, 0.6) is 0 Å². The van der Waals surface area contributed by atoms with Gasteiger partial charge in [0.1, 0.15) is 10.6 Å². The molecule has 1 fully saturated rings. The molecule has 3 heterocycles. The van der Waals surface area contributed by atoms with E-state index in [1.54, 1.807) is 19.2 Å². The van der Waals surface area contributed by atoms with Crippen molar-refractivity contribution in [1.29, 1.82) is 0 Å². The summed E-state index contributed by atoms with van der Waals surface area (Å²) >= 11 is 1.22. The molecular formula is C22H29N3O6S2. The molecule has 33 heavy (non-hydrogen) atoms. The lowest BCUT2D eigenvalue weighted by molar-refractivity contribution is -0.128. The Labute approximate surface area is 197 Å². The number of nitrogens with one attached hydrogen (secondary N) is 1. The van der Waals surface area contributed by atoms with Crippen LogP contribution < -0.4 is 5.32 Å². The Morgan fingerprint density at radius 1 is 1.15 bits per heavy atom. The zero-order valence-electron chi connectivity index (χ0n) is 19.2. The predicted octanol–water partition coefficient (Wildman–Crippen LogP) is 2.57. The standard InChI is InChI=1S/C22H29N3O6S2/c1-22(2,3)21(28)23-12-15-7-8-19(32-15)18(26)14-31-20(27)17-11-16(13-24(17)4)33(29,30)25-9-5-6-10-25/h7-8,11,13H,5-6,9-10,12,14H2,1-4H3,(H,23,28). The molecule has 2 aromatic rings. The van der Waals surface area contributed by atoms with Gasteiger partial charge in [0.15, 0.2) is 6.61 Å². The summed E-state index contributed by atoms with van der Waals surface area (Å²) in [6.45, 7) is 6.23. The van der Waals surface area contributed by atoms with E-state index in [4.69, 9.17) is 4.74 Å². The zero-order chi connectivity index (χ0) is 24.4. The molecule has 1 saturated heterocycles. The van der Waals surface area contributed by atoms with Crippen molar-refractivity contribution >= 4 is 39.0 Å². The van der Waals surface area contributed by atoms with Crippen molar-refractivity contribution in [3.05, 3.63) is 39.8 Å². The number of Topliss-reactive ketones (excluding diaryl/α,β-unsaturated/α-hetero) is 1. The molecule has 0 saturated carbocycles. The van der Waals surface area contributed by atoms with Gasteiger partial charge in [-0.2, -0.15) is 4.31 Å². The second-order valence-electron chi connectivity index (χ2n) is 8.98. The smallest absolute Gasteiger partial charge is 0.355 e. The number of aromatic nitrogens is 1. The van der Waals surface area contributed by atoms with Crippen LogP contribution in [0.15, 0.2) is 29.3 Å². The molecule has 180 valence electrons. The van der Waals surface area contributed by atoms with Crippen molar-refractivity contribution in [2.45, 2.75) is 45.1 Å². The largest absolute Gasteiger partial charge is 0.453 e. The predicted molar refractivity (Wildman–Crippen MR) is 124 cm³/mol. The third kappa shape index (κ3) is 5.90. The summed E-state index contributed by atoms with van der Waals surface area (Å²) in [5.74, 6) is -1.24. The fourth-order valence-corrected chi connectivity index (χ4v) is 5.75. The Kier molecular flexibility index (Phi) is 7.45. The van der Waals surface area contributed by atoms with Crippen molar-refractivity contribution in [3.8, 4) is 0 Å². The Bertz CT molecular complexity index is 1150. The number of hydrogen-bond acceptors (Lipinski definition) is 7. The van der Waals surface area contributed by atoms with Crippen molar-refractivity contribution in [3.63, 3.8) is 0 Å². The molecule has 1 N–H and O–H groups in total. The number of ether oxygens (including phenoxy) is 1. The second kappa shape index (κ2) is 9.78. The highest BCUT2D eigenvalue weighted by Gasteiger charge is 2.30. The SMILES string of the molecule is Cn1cc(S(=O)(=O)N2CCCC2)cc1C(=O)OCC(=O)c1ccc(CNC(=O)C(C)(C)C)s1. The number of hydrogen-bond donors (Lipinski definition) is 1. The summed E-state index contributed by atoms with van der Waals surface area (Å²) in [7, 11) is -2.10. The van der Waals surface area contributed by atoms with Crippen LogP contribution in [0.1, 0.15) is 58.7 Å². The van der Waals surface area contributed by atoms with E-state index in [9.17, 15) is 22.8 Å². The van der Waals surface area contributed by atoms with Crippen molar-refractivity contribution in [2.75, 3.05) is 19.7 Å². The highest BCUT2D eigenvalue weighted by molar-refractivity contribution is 7.89. The third-order valence-corrected chi connectivity index (χ3v) is 8.26. The maximum Gasteiger partial charge on any atom is 0.355 e. The maximum atomic E-state index is 12.7. The van der Waals surface area contributed by atoms with Crippen LogP contribution in [0, 0.1) is 5.41 Å². The second-order valence-corrected chi connectivity index (χ2v) is 12.1. The van der Waals surface area contributed by atoms with Crippen LogP contribution in [0.4, 0.5) is 0 Å². The first-order chi connectivity index (χ1) is 15.4.